The number of carbonyl (C=O) groups excluding carboxylic acids is 2. The first kappa shape index (κ1) is 22.0. The Bertz CT molecular complexity index is 832. The fraction of sp³-hybridized carbons (Fsp3) is 0.417. The number of hydrogen-bond acceptors (Lipinski definition) is 2. The fourth-order valence-corrected chi connectivity index (χ4v) is 4.03. The predicted molar refractivity (Wildman–Crippen MR) is 119 cm³/mol. The molecule has 2 aromatic carbocycles. The van der Waals surface area contributed by atoms with Gasteiger partial charge in [0.1, 0.15) is 26.2 Å². The molecule has 1 heterocycles. The molecule has 0 aromatic heterocycles. The minimum absolute atomic E-state index is 0.0136. The molecule has 1 aliphatic rings. The molecule has 1 aliphatic heterocycles. The van der Waals surface area contributed by atoms with Crippen LogP contribution in [0.2, 0.25) is 0 Å². The third-order valence-corrected chi connectivity index (χ3v) is 5.83. The quantitative estimate of drug-likeness (QED) is 0.489. The van der Waals surface area contributed by atoms with Gasteiger partial charge in [-0.1, -0.05) is 55.5 Å². The number of rotatable bonds is 8. The van der Waals surface area contributed by atoms with E-state index in [0.29, 0.717) is 13.1 Å². The second kappa shape index (κ2) is 10.9. The van der Waals surface area contributed by atoms with E-state index in [0.717, 1.165) is 49.4 Å². The van der Waals surface area contributed by atoms with Crippen LogP contribution in [0.15, 0.2) is 54.6 Å². The van der Waals surface area contributed by atoms with Crippen molar-refractivity contribution in [1.82, 2.24) is 5.32 Å². The van der Waals surface area contributed by atoms with Crippen LogP contribution in [0.5, 0.6) is 0 Å². The summed E-state index contributed by atoms with van der Waals surface area (Å²) in [6, 6.07) is 18.0. The van der Waals surface area contributed by atoms with Crippen molar-refractivity contribution in [3.8, 4) is 0 Å². The van der Waals surface area contributed by atoms with E-state index in [1.807, 2.05) is 61.5 Å². The monoisotopic (exact) mass is 410 g/mol. The molecule has 1 fully saturated rings. The Morgan fingerprint density at radius 3 is 2.07 bits per heavy atom. The van der Waals surface area contributed by atoms with E-state index in [4.69, 9.17) is 0 Å². The smallest absolute Gasteiger partial charge is 0.279 e. The summed E-state index contributed by atoms with van der Waals surface area (Å²) in [5, 5.41) is 6.15. The van der Waals surface area contributed by atoms with E-state index in [2.05, 4.69) is 17.6 Å². The van der Waals surface area contributed by atoms with Gasteiger partial charge in [-0.25, -0.2) is 0 Å². The second-order valence-electron chi connectivity index (χ2n) is 8.11. The Morgan fingerprint density at radius 1 is 0.867 bits per heavy atom. The van der Waals surface area contributed by atoms with Gasteiger partial charge in [0, 0.05) is 5.69 Å². The van der Waals surface area contributed by atoms with Crippen LogP contribution in [0.3, 0.4) is 0 Å². The highest BCUT2D eigenvalue weighted by Crippen LogP contribution is 2.14. The van der Waals surface area contributed by atoms with Crippen LogP contribution in [0.4, 0.5) is 5.69 Å². The van der Waals surface area contributed by atoms with Crippen molar-refractivity contribution in [1.29, 1.82) is 0 Å². The lowest BCUT2D eigenvalue weighted by molar-refractivity contribution is -1.00. The van der Waals surface area contributed by atoms with Crippen LogP contribution in [-0.4, -0.2) is 51.1 Å². The number of benzene rings is 2. The van der Waals surface area contributed by atoms with E-state index in [-0.39, 0.29) is 17.9 Å². The van der Waals surface area contributed by atoms with Crippen molar-refractivity contribution in [2.24, 2.45) is 0 Å². The highest BCUT2D eigenvalue weighted by molar-refractivity contribution is 5.92. The summed E-state index contributed by atoms with van der Waals surface area (Å²) >= 11 is 0. The Kier molecular flexibility index (Phi) is 7.99. The van der Waals surface area contributed by atoms with Crippen LogP contribution in [-0.2, 0) is 16.0 Å². The van der Waals surface area contributed by atoms with Crippen molar-refractivity contribution < 1.29 is 19.4 Å². The Morgan fingerprint density at radius 2 is 1.43 bits per heavy atom. The molecule has 1 atom stereocenters. The summed E-state index contributed by atoms with van der Waals surface area (Å²) in [7, 11) is 0. The molecule has 6 heteroatoms. The maximum Gasteiger partial charge on any atom is 0.279 e. The van der Waals surface area contributed by atoms with Crippen LogP contribution in [0.25, 0.3) is 0 Å². The van der Waals surface area contributed by atoms with Crippen LogP contribution in [0, 0.1) is 0 Å². The molecule has 0 spiro atoms. The molecule has 3 rings (SSSR count). The number of hydrogen-bond donors (Lipinski definition) is 4. The normalized spacial score (nSPS) is 19.7. The van der Waals surface area contributed by atoms with Crippen molar-refractivity contribution in [3.05, 3.63) is 65.7 Å². The average molecular weight is 411 g/mol. The zero-order valence-corrected chi connectivity index (χ0v) is 18.0. The number of quaternary nitrogens is 2. The summed E-state index contributed by atoms with van der Waals surface area (Å²) in [5.74, 6) is 0.141. The molecule has 2 aromatic rings. The topological polar surface area (TPSA) is 67.1 Å². The van der Waals surface area contributed by atoms with Gasteiger partial charge in [0.25, 0.3) is 11.8 Å². The van der Waals surface area contributed by atoms with Crippen molar-refractivity contribution in [2.75, 3.05) is 44.6 Å². The first-order valence-electron chi connectivity index (χ1n) is 10.9. The summed E-state index contributed by atoms with van der Waals surface area (Å²) in [5.41, 5.74) is 3.19. The Balaban J connectivity index is 1.39. The minimum atomic E-state index is 0.0136. The molecule has 2 amide bonds. The van der Waals surface area contributed by atoms with Crippen LogP contribution in [0.1, 0.15) is 31.0 Å². The van der Waals surface area contributed by atoms with Gasteiger partial charge in [0.05, 0.1) is 6.04 Å². The van der Waals surface area contributed by atoms with E-state index in [9.17, 15) is 9.59 Å². The summed E-state index contributed by atoms with van der Waals surface area (Å²) in [6.07, 6.45) is 0.899. The molecule has 0 bridgehead atoms. The number of aryl methyl sites for hydroxylation is 1. The van der Waals surface area contributed by atoms with E-state index in [1.165, 1.54) is 9.80 Å². The van der Waals surface area contributed by atoms with Crippen molar-refractivity contribution in [3.63, 3.8) is 0 Å². The minimum Gasteiger partial charge on any atom is -0.345 e. The summed E-state index contributed by atoms with van der Waals surface area (Å²) < 4.78 is 0. The molecule has 0 saturated carbocycles. The van der Waals surface area contributed by atoms with E-state index >= 15 is 0 Å². The maximum absolute atomic E-state index is 12.5. The molecule has 6 nitrogen and oxygen atoms in total. The number of piperazine rings is 1. The largest absolute Gasteiger partial charge is 0.345 e. The average Bonchev–Trinajstić information content (AvgIpc) is 2.76. The number of amides is 2. The Labute approximate surface area is 179 Å². The van der Waals surface area contributed by atoms with E-state index < -0.39 is 0 Å². The third-order valence-electron chi connectivity index (χ3n) is 5.83. The first-order chi connectivity index (χ1) is 14.5. The van der Waals surface area contributed by atoms with Gasteiger partial charge in [-0.05, 0) is 30.5 Å². The van der Waals surface area contributed by atoms with Gasteiger partial charge in [0.15, 0.2) is 13.1 Å². The lowest BCUT2D eigenvalue weighted by atomic mass is 10.1. The maximum atomic E-state index is 12.5. The summed E-state index contributed by atoms with van der Waals surface area (Å²) in [6.45, 7) is 8.68. The molecule has 4 N–H and O–H groups in total. The van der Waals surface area contributed by atoms with Gasteiger partial charge >= 0.3 is 0 Å². The lowest BCUT2D eigenvalue weighted by Gasteiger charge is -2.29. The molecule has 0 aliphatic carbocycles. The number of anilines is 1. The fourth-order valence-electron chi connectivity index (χ4n) is 4.03. The number of nitrogens with one attached hydrogen (secondary N) is 4. The SMILES string of the molecule is CCc1ccccc1NC(=O)C[NH+]1CC[NH+](CC(=O)N[C@@H](C)c2ccccc2)CC1. The van der Waals surface area contributed by atoms with Crippen LogP contribution >= 0.6 is 0 Å². The van der Waals surface area contributed by atoms with Crippen molar-refractivity contribution in [2.45, 2.75) is 26.3 Å². The van der Waals surface area contributed by atoms with Gasteiger partial charge < -0.3 is 20.4 Å². The number of para-hydroxylation sites is 1. The highest BCUT2D eigenvalue weighted by atomic mass is 16.2. The summed E-state index contributed by atoms with van der Waals surface area (Å²) in [4.78, 5) is 27.4. The predicted octanol–water partition coefficient (Wildman–Crippen LogP) is -0.152. The van der Waals surface area contributed by atoms with E-state index in [1.54, 1.807) is 0 Å². The van der Waals surface area contributed by atoms with Gasteiger partial charge in [-0.3, -0.25) is 9.59 Å². The molecule has 0 radical (unpaired) electrons. The van der Waals surface area contributed by atoms with Crippen molar-refractivity contribution >= 4 is 17.5 Å². The van der Waals surface area contributed by atoms with Gasteiger partial charge in [0.2, 0.25) is 0 Å². The molecular formula is C24H34N4O2+2. The molecule has 1 saturated heterocycles. The molecule has 160 valence electrons. The molecule has 0 unspecified atom stereocenters. The molecular weight excluding hydrogens is 376 g/mol. The van der Waals surface area contributed by atoms with Gasteiger partial charge in [-0.15, -0.1) is 0 Å². The standard InChI is InChI=1S/C24H32N4O2/c1-3-20-9-7-8-12-22(20)26-24(30)18-28-15-13-27(14-16-28)17-23(29)25-19(2)21-10-5-4-6-11-21/h4-12,19H,3,13-18H2,1-2H3,(H,25,29)(H,26,30)/p+2/t19-/m0/s1. The molecule has 30 heavy (non-hydrogen) atoms. The first-order valence-corrected chi connectivity index (χ1v) is 10.9. The van der Waals surface area contributed by atoms with Gasteiger partial charge in [-0.2, -0.15) is 0 Å². The highest BCUT2D eigenvalue weighted by Gasteiger charge is 2.26. The zero-order valence-electron chi connectivity index (χ0n) is 18.0. The third kappa shape index (κ3) is 6.40. The second-order valence-corrected chi connectivity index (χ2v) is 8.11. The zero-order chi connectivity index (χ0) is 21.3. The van der Waals surface area contributed by atoms with Crippen LogP contribution < -0.4 is 20.4 Å². The number of carbonyl (C=O) groups is 2. The Hall–Kier alpha value is -2.70. The lowest BCUT2D eigenvalue weighted by Crippen LogP contribution is -3.28.